The molecular formula is C22H26N4O3. The van der Waals surface area contributed by atoms with Gasteiger partial charge in [-0.05, 0) is 62.9 Å². The van der Waals surface area contributed by atoms with E-state index in [1.54, 1.807) is 6.07 Å². The number of fused-ring (bicyclic) bond motifs is 3. The van der Waals surface area contributed by atoms with Crippen LogP contribution < -0.4 is 5.73 Å². The number of phenolic OH excluding ortho intramolecular Hbond substituents is 1. The molecule has 152 valence electrons. The molecular weight excluding hydrogens is 368 g/mol. The first kappa shape index (κ1) is 20.6. The number of likely N-dealkylation sites (tertiary alicyclic amines) is 1. The Morgan fingerprint density at radius 2 is 1.97 bits per heavy atom. The second-order valence-electron chi connectivity index (χ2n) is 7.71. The number of nitriles is 1. The summed E-state index contributed by atoms with van der Waals surface area (Å²) in [6.45, 7) is 6.26. The Hall–Kier alpha value is -3.11. The molecule has 7 heteroatoms. The number of benzene rings is 1. The van der Waals surface area contributed by atoms with Crippen molar-refractivity contribution in [2.75, 3.05) is 18.8 Å². The number of anilines is 1. The highest BCUT2D eigenvalue weighted by Crippen LogP contribution is 2.46. The maximum absolute atomic E-state index is 10.3. The molecule has 4 N–H and O–H groups in total. The van der Waals surface area contributed by atoms with E-state index in [4.69, 9.17) is 15.6 Å². The Labute approximate surface area is 170 Å². The number of carboxylic acid groups (broad SMARTS) is 1. The lowest BCUT2D eigenvalue weighted by Gasteiger charge is -2.35. The normalized spacial score (nSPS) is 15.8. The molecule has 2 aromatic rings. The maximum Gasteiger partial charge on any atom is 0.290 e. The fourth-order valence-corrected chi connectivity index (χ4v) is 4.49. The van der Waals surface area contributed by atoms with Gasteiger partial charge in [0.2, 0.25) is 0 Å². The van der Waals surface area contributed by atoms with Crippen molar-refractivity contribution in [3.05, 3.63) is 40.5 Å². The van der Waals surface area contributed by atoms with Crippen LogP contribution in [0.1, 0.15) is 54.9 Å². The van der Waals surface area contributed by atoms with E-state index < -0.39 is 0 Å². The number of phenols is 1. The van der Waals surface area contributed by atoms with Crippen LogP contribution in [0.2, 0.25) is 0 Å². The monoisotopic (exact) mass is 394 g/mol. The largest absolute Gasteiger partial charge is 0.508 e. The highest BCUT2D eigenvalue weighted by Gasteiger charge is 2.33. The van der Waals surface area contributed by atoms with E-state index in [2.05, 4.69) is 29.8 Å². The van der Waals surface area contributed by atoms with Crippen LogP contribution in [0.5, 0.6) is 5.75 Å². The number of hydrogen-bond donors (Lipinski definition) is 3. The first-order chi connectivity index (χ1) is 13.9. The van der Waals surface area contributed by atoms with Gasteiger partial charge in [0.25, 0.3) is 6.47 Å². The summed E-state index contributed by atoms with van der Waals surface area (Å²) in [6, 6.07) is 8.36. The van der Waals surface area contributed by atoms with Crippen LogP contribution in [-0.4, -0.2) is 45.7 Å². The van der Waals surface area contributed by atoms with Crippen molar-refractivity contribution in [1.29, 1.82) is 5.26 Å². The van der Waals surface area contributed by atoms with Gasteiger partial charge in [-0.3, -0.25) is 4.79 Å². The van der Waals surface area contributed by atoms with Gasteiger partial charge < -0.3 is 20.8 Å². The first-order valence-corrected chi connectivity index (χ1v) is 9.78. The summed E-state index contributed by atoms with van der Waals surface area (Å²) in [5, 5.41) is 26.9. The second-order valence-corrected chi connectivity index (χ2v) is 7.71. The third kappa shape index (κ3) is 3.76. The van der Waals surface area contributed by atoms with Crippen molar-refractivity contribution in [3.8, 4) is 23.1 Å². The highest BCUT2D eigenvalue weighted by molar-refractivity contribution is 5.80. The fourth-order valence-electron chi connectivity index (χ4n) is 4.49. The third-order valence-corrected chi connectivity index (χ3v) is 5.91. The van der Waals surface area contributed by atoms with Gasteiger partial charge in [-0.2, -0.15) is 5.26 Å². The van der Waals surface area contributed by atoms with Crippen molar-refractivity contribution >= 4 is 12.3 Å². The predicted octanol–water partition coefficient (Wildman–Crippen LogP) is 3.10. The van der Waals surface area contributed by atoms with Crippen molar-refractivity contribution in [2.24, 2.45) is 0 Å². The van der Waals surface area contributed by atoms with Crippen molar-refractivity contribution in [2.45, 2.75) is 45.1 Å². The number of piperidine rings is 1. The molecule has 1 aliphatic heterocycles. The van der Waals surface area contributed by atoms with E-state index in [-0.39, 0.29) is 12.2 Å². The summed E-state index contributed by atoms with van der Waals surface area (Å²) in [7, 11) is 0. The zero-order valence-corrected chi connectivity index (χ0v) is 16.7. The molecule has 29 heavy (non-hydrogen) atoms. The summed E-state index contributed by atoms with van der Waals surface area (Å²) in [5.41, 5.74) is 11.5. The number of carbonyl (C=O) groups is 1. The Balaban J connectivity index is 0.000000755. The fraction of sp³-hybridized carbons (Fsp3) is 0.409. The average Bonchev–Trinajstić information content (AvgIpc) is 3.07. The van der Waals surface area contributed by atoms with E-state index in [0.717, 1.165) is 53.9 Å². The SMILES string of the molecule is CC(C)N1CCC(c2c(C#N)c(N)nc3c2Cc2c(O)cccc2-3)CC1.O=CO. The predicted molar refractivity (Wildman–Crippen MR) is 111 cm³/mol. The van der Waals surface area contributed by atoms with E-state index in [1.165, 1.54) is 0 Å². The lowest BCUT2D eigenvalue weighted by atomic mass is 9.83. The van der Waals surface area contributed by atoms with Crippen LogP contribution in [0.25, 0.3) is 11.3 Å². The molecule has 0 spiro atoms. The molecule has 0 radical (unpaired) electrons. The average molecular weight is 394 g/mol. The van der Waals surface area contributed by atoms with Crippen molar-refractivity contribution in [1.82, 2.24) is 9.88 Å². The number of nitrogens with zero attached hydrogens (tertiary/aromatic N) is 3. The van der Waals surface area contributed by atoms with Crippen LogP contribution in [0, 0.1) is 11.3 Å². The smallest absolute Gasteiger partial charge is 0.290 e. The molecule has 0 bridgehead atoms. The summed E-state index contributed by atoms with van der Waals surface area (Å²) in [4.78, 5) is 15.4. The van der Waals surface area contributed by atoms with Crippen LogP contribution in [0.15, 0.2) is 18.2 Å². The zero-order chi connectivity index (χ0) is 21.1. The molecule has 7 nitrogen and oxygen atoms in total. The number of aromatic hydroxyl groups is 1. The molecule has 1 aromatic heterocycles. The summed E-state index contributed by atoms with van der Waals surface area (Å²) in [6.07, 6.45) is 2.66. The van der Waals surface area contributed by atoms with Gasteiger partial charge in [0.05, 0.1) is 11.3 Å². The Bertz CT molecular complexity index is 958. The quantitative estimate of drug-likeness (QED) is 0.571. The number of hydrogen-bond acceptors (Lipinski definition) is 6. The van der Waals surface area contributed by atoms with Crippen molar-refractivity contribution in [3.63, 3.8) is 0 Å². The highest BCUT2D eigenvalue weighted by atomic mass is 16.3. The second kappa shape index (κ2) is 8.50. The van der Waals surface area contributed by atoms with Gasteiger partial charge >= 0.3 is 0 Å². The van der Waals surface area contributed by atoms with Crippen LogP contribution >= 0.6 is 0 Å². The Morgan fingerprint density at radius 1 is 1.31 bits per heavy atom. The zero-order valence-electron chi connectivity index (χ0n) is 16.7. The standard InChI is InChI=1S/C21H24N4O.CH2O2/c1-12(2)25-8-6-13(7-9-25)19-16-10-15-14(4-3-5-18(15)26)20(16)24-21(23)17(19)11-22;2-1-3/h3-5,12-13,26H,6-10H2,1-2H3,(H2,23,24);1H,(H,2,3). The number of rotatable bonds is 2. The van der Waals surface area contributed by atoms with E-state index in [1.807, 2.05) is 12.1 Å². The summed E-state index contributed by atoms with van der Waals surface area (Å²) < 4.78 is 0. The van der Waals surface area contributed by atoms with Crippen LogP contribution in [-0.2, 0) is 11.2 Å². The topological polar surface area (TPSA) is 123 Å². The van der Waals surface area contributed by atoms with Gasteiger partial charge in [0.15, 0.2) is 0 Å². The lowest BCUT2D eigenvalue weighted by molar-refractivity contribution is -0.122. The number of nitrogens with two attached hydrogens (primary N) is 1. The molecule has 0 unspecified atom stereocenters. The van der Waals surface area contributed by atoms with Crippen LogP contribution in [0.4, 0.5) is 5.82 Å². The molecule has 1 fully saturated rings. The minimum absolute atomic E-state index is 0.250. The maximum atomic E-state index is 10.3. The van der Waals surface area contributed by atoms with Gasteiger partial charge in [-0.15, -0.1) is 0 Å². The van der Waals surface area contributed by atoms with Crippen molar-refractivity contribution < 1.29 is 15.0 Å². The minimum Gasteiger partial charge on any atom is -0.508 e. The van der Waals surface area contributed by atoms with Gasteiger partial charge in [0, 0.05) is 23.6 Å². The molecule has 0 amide bonds. The molecule has 1 aromatic carbocycles. The minimum atomic E-state index is -0.250. The molecule has 1 saturated heterocycles. The number of pyridine rings is 1. The molecule has 0 atom stereocenters. The van der Waals surface area contributed by atoms with E-state index in [9.17, 15) is 10.4 Å². The Kier molecular flexibility index (Phi) is 6.04. The molecule has 2 aliphatic rings. The summed E-state index contributed by atoms with van der Waals surface area (Å²) >= 11 is 0. The third-order valence-electron chi connectivity index (χ3n) is 5.91. The number of nitrogen functional groups attached to an aromatic ring is 1. The Morgan fingerprint density at radius 3 is 2.55 bits per heavy atom. The van der Waals surface area contributed by atoms with Gasteiger partial charge in [0.1, 0.15) is 17.6 Å². The van der Waals surface area contributed by atoms with E-state index in [0.29, 0.717) is 29.8 Å². The molecule has 4 rings (SSSR count). The van der Waals surface area contributed by atoms with Gasteiger partial charge in [-0.25, -0.2) is 4.98 Å². The lowest BCUT2D eigenvalue weighted by Crippen LogP contribution is -2.38. The first-order valence-electron chi connectivity index (χ1n) is 9.78. The molecule has 1 aliphatic carbocycles. The molecule has 2 heterocycles. The molecule has 0 saturated carbocycles. The van der Waals surface area contributed by atoms with Gasteiger partial charge in [-0.1, -0.05) is 12.1 Å². The summed E-state index contributed by atoms with van der Waals surface area (Å²) in [5.74, 6) is 0.914. The van der Waals surface area contributed by atoms with Crippen LogP contribution in [0.3, 0.4) is 0 Å². The van der Waals surface area contributed by atoms with E-state index >= 15 is 0 Å². The number of aromatic nitrogens is 1.